The molecule has 0 saturated carbocycles. The third kappa shape index (κ3) is 6.59. The Morgan fingerprint density at radius 2 is 1.13 bits per heavy atom. The van der Waals surface area contributed by atoms with E-state index in [1.807, 2.05) is 0 Å². The van der Waals surface area contributed by atoms with Crippen LogP contribution < -0.4 is 0 Å². The standard InChI is InChI=1S/C7H17BrO6Si/c1-9-5-12-15(4-8,13-6-10-2)14-7-11-3/h4-7H2,1-3H3. The largest absolute Gasteiger partial charge is 0.517 e. The first-order chi connectivity index (χ1) is 7.24. The summed E-state index contributed by atoms with van der Waals surface area (Å²) in [5.74, 6) is 0. The molecule has 0 aromatic heterocycles. The molecule has 6 nitrogen and oxygen atoms in total. The molecule has 0 N–H and O–H groups in total. The van der Waals surface area contributed by atoms with Gasteiger partial charge in [0.25, 0.3) is 0 Å². The van der Waals surface area contributed by atoms with Crippen molar-refractivity contribution in [2.75, 3.05) is 46.7 Å². The van der Waals surface area contributed by atoms with Crippen molar-refractivity contribution in [3.8, 4) is 0 Å². The summed E-state index contributed by atoms with van der Waals surface area (Å²) in [6.45, 7) is 0.307. The number of halogens is 1. The maximum absolute atomic E-state index is 5.40. The Morgan fingerprint density at radius 1 is 0.800 bits per heavy atom. The lowest BCUT2D eigenvalue weighted by Gasteiger charge is -2.26. The smallest absolute Gasteiger partial charge is 0.360 e. The van der Waals surface area contributed by atoms with E-state index < -0.39 is 8.80 Å². The summed E-state index contributed by atoms with van der Waals surface area (Å²) in [5, 5.41) is 0. The molecule has 0 aliphatic rings. The molecule has 0 saturated heterocycles. The van der Waals surface area contributed by atoms with Crippen LogP contribution in [0, 0.1) is 0 Å². The molecule has 0 amide bonds. The summed E-state index contributed by atoms with van der Waals surface area (Å²) in [7, 11) is 1.79. The van der Waals surface area contributed by atoms with Crippen molar-refractivity contribution in [1.29, 1.82) is 0 Å². The van der Waals surface area contributed by atoms with Crippen molar-refractivity contribution in [1.82, 2.24) is 0 Å². The number of ether oxygens (including phenoxy) is 3. The molecule has 0 spiro atoms. The lowest BCUT2D eigenvalue weighted by molar-refractivity contribution is -0.0823. The molecule has 92 valence electrons. The predicted molar refractivity (Wildman–Crippen MR) is 58.4 cm³/mol. The summed E-state index contributed by atoms with van der Waals surface area (Å²) in [4.78, 5) is 0.441. The molecule has 0 radical (unpaired) electrons. The van der Waals surface area contributed by atoms with Crippen LogP contribution in [-0.4, -0.2) is 55.5 Å². The van der Waals surface area contributed by atoms with E-state index in [9.17, 15) is 0 Å². The Balaban J connectivity index is 4.16. The van der Waals surface area contributed by atoms with Crippen LogP contribution in [-0.2, 0) is 27.5 Å². The summed E-state index contributed by atoms with van der Waals surface area (Å²) in [6.07, 6.45) is 0. The Bertz CT molecular complexity index is 128. The van der Waals surface area contributed by atoms with Gasteiger partial charge in [0.1, 0.15) is 20.4 Å². The topological polar surface area (TPSA) is 55.4 Å². The average molecular weight is 305 g/mol. The first-order valence-electron chi connectivity index (χ1n) is 4.19. The van der Waals surface area contributed by atoms with Crippen molar-refractivity contribution >= 4 is 24.7 Å². The van der Waals surface area contributed by atoms with Crippen molar-refractivity contribution in [3.05, 3.63) is 0 Å². The van der Waals surface area contributed by atoms with Crippen molar-refractivity contribution < 1.29 is 27.5 Å². The Hall–Kier alpha value is 0.457. The average Bonchev–Trinajstić information content (AvgIpc) is 2.29. The van der Waals surface area contributed by atoms with E-state index >= 15 is 0 Å². The fraction of sp³-hybridized carbons (Fsp3) is 1.00. The summed E-state index contributed by atoms with van der Waals surface area (Å²) in [6, 6.07) is 0. The van der Waals surface area contributed by atoms with Gasteiger partial charge >= 0.3 is 8.80 Å². The zero-order chi connectivity index (χ0) is 11.6. The van der Waals surface area contributed by atoms with Crippen LogP contribution in [0.15, 0.2) is 0 Å². The SMILES string of the molecule is COCO[Si](CBr)(OCOC)OCOC. The minimum absolute atomic E-state index is 0.102. The minimum atomic E-state index is -2.79. The third-order valence-electron chi connectivity index (χ3n) is 1.35. The number of rotatable bonds is 10. The van der Waals surface area contributed by atoms with E-state index in [4.69, 9.17) is 27.5 Å². The lowest BCUT2D eigenvalue weighted by atomic mass is 11.4. The molecule has 0 aliphatic heterocycles. The highest BCUT2D eigenvalue weighted by Gasteiger charge is 2.40. The molecular formula is C7H17BrO6Si. The zero-order valence-corrected chi connectivity index (χ0v) is 11.7. The summed E-state index contributed by atoms with van der Waals surface area (Å²) < 4.78 is 30.6. The van der Waals surface area contributed by atoms with Crippen molar-refractivity contribution in [3.63, 3.8) is 0 Å². The van der Waals surface area contributed by atoms with Crippen LogP contribution >= 0.6 is 15.9 Å². The van der Waals surface area contributed by atoms with E-state index in [-0.39, 0.29) is 20.4 Å². The van der Waals surface area contributed by atoms with Gasteiger partial charge < -0.3 is 27.5 Å². The summed E-state index contributed by atoms with van der Waals surface area (Å²) in [5.41, 5.74) is 0. The molecular weight excluding hydrogens is 288 g/mol. The molecule has 0 unspecified atom stereocenters. The number of hydrogen-bond acceptors (Lipinski definition) is 6. The van der Waals surface area contributed by atoms with Gasteiger partial charge in [-0.3, -0.25) is 0 Å². The second kappa shape index (κ2) is 9.67. The van der Waals surface area contributed by atoms with Gasteiger partial charge in [-0.1, -0.05) is 15.9 Å². The molecule has 0 heterocycles. The van der Waals surface area contributed by atoms with Gasteiger partial charge in [0.05, 0.1) is 4.95 Å². The normalized spacial score (nSPS) is 12.0. The van der Waals surface area contributed by atoms with Gasteiger partial charge in [0.2, 0.25) is 0 Å². The van der Waals surface area contributed by atoms with Gasteiger partial charge in [0.15, 0.2) is 0 Å². The second-order valence-electron chi connectivity index (χ2n) is 2.47. The molecule has 0 fully saturated rings. The fourth-order valence-corrected chi connectivity index (χ4v) is 3.52. The van der Waals surface area contributed by atoms with Gasteiger partial charge in [-0.2, -0.15) is 0 Å². The van der Waals surface area contributed by atoms with Crippen LogP contribution in [0.2, 0.25) is 0 Å². The molecule has 0 rings (SSSR count). The Morgan fingerprint density at radius 3 is 1.33 bits per heavy atom. The third-order valence-corrected chi connectivity index (χ3v) is 5.41. The molecule has 0 aromatic rings. The lowest BCUT2D eigenvalue weighted by Crippen LogP contribution is -2.49. The van der Waals surface area contributed by atoms with Gasteiger partial charge in [0, 0.05) is 21.3 Å². The Labute approximate surface area is 99.2 Å². The van der Waals surface area contributed by atoms with E-state index in [1.54, 1.807) is 0 Å². The van der Waals surface area contributed by atoms with E-state index in [1.165, 1.54) is 21.3 Å². The second-order valence-corrected chi connectivity index (χ2v) is 6.65. The fourth-order valence-electron chi connectivity index (χ4n) is 0.687. The Kier molecular flexibility index (Phi) is 9.96. The van der Waals surface area contributed by atoms with Crippen LogP contribution in [0.25, 0.3) is 0 Å². The zero-order valence-electron chi connectivity index (χ0n) is 9.16. The first-order valence-corrected chi connectivity index (χ1v) is 7.24. The minimum Gasteiger partial charge on any atom is -0.360 e. The van der Waals surface area contributed by atoms with Crippen LogP contribution in [0.3, 0.4) is 0 Å². The highest BCUT2D eigenvalue weighted by Crippen LogP contribution is 2.13. The first kappa shape index (κ1) is 15.5. The molecule has 0 bridgehead atoms. The number of hydrogen-bond donors (Lipinski definition) is 0. The van der Waals surface area contributed by atoms with Gasteiger partial charge in [-0.05, 0) is 0 Å². The molecule has 0 atom stereocenters. The summed E-state index contributed by atoms with van der Waals surface area (Å²) >= 11 is 3.28. The number of alkyl halides is 1. The van der Waals surface area contributed by atoms with Crippen LogP contribution in [0.4, 0.5) is 0 Å². The highest BCUT2D eigenvalue weighted by atomic mass is 79.9. The maximum atomic E-state index is 5.40. The molecule has 8 heteroatoms. The van der Waals surface area contributed by atoms with Crippen molar-refractivity contribution in [2.24, 2.45) is 0 Å². The maximum Gasteiger partial charge on any atom is 0.517 e. The monoisotopic (exact) mass is 304 g/mol. The predicted octanol–water partition coefficient (Wildman–Crippen LogP) is 0.721. The molecule has 15 heavy (non-hydrogen) atoms. The quantitative estimate of drug-likeness (QED) is 0.337. The highest BCUT2D eigenvalue weighted by molar-refractivity contribution is 9.09. The molecule has 0 aliphatic carbocycles. The number of methoxy groups -OCH3 is 3. The van der Waals surface area contributed by atoms with E-state index in [2.05, 4.69) is 15.9 Å². The van der Waals surface area contributed by atoms with Gasteiger partial charge in [-0.15, -0.1) is 0 Å². The van der Waals surface area contributed by atoms with Crippen LogP contribution in [0.5, 0.6) is 0 Å². The van der Waals surface area contributed by atoms with E-state index in [0.29, 0.717) is 4.95 Å². The molecule has 0 aromatic carbocycles. The van der Waals surface area contributed by atoms with Gasteiger partial charge in [-0.25, -0.2) is 0 Å². The van der Waals surface area contributed by atoms with Crippen LogP contribution in [0.1, 0.15) is 0 Å². The van der Waals surface area contributed by atoms with Crippen molar-refractivity contribution in [2.45, 2.75) is 0 Å². The van der Waals surface area contributed by atoms with E-state index in [0.717, 1.165) is 0 Å².